The summed E-state index contributed by atoms with van der Waals surface area (Å²) in [6, 6.07) is 6.20. The summed E-state index contributed by atoms with van der Waals surface area (Å²) in [6.45, 7) is 1.92. The monoisotopic (exact) mass is 235 g/mol. The normalized spacial score (nSPS) is 23.4. The van der Waals surface area contributed by atoms with E-state index in [1.165, 1.54) is 12.0 Å². The van der Waals surface area contributed by atoms with E-state index in [2.05, 4.69) is 0 Å². The highest BCUT2D eigenvalue weighted by molar-refractivity contribution is 6.12. The van der Waals surface area contributed by atoms with E-state index >= 15 is 0 Å². The van der Waals surface area contributed by atoms with Gasteiger partial charge < -0.3 is 9.84 Å². The number of carboxylic acid groups (broad SMARTS) is 1. The average Bonchev–Trinajstić information content (AvgIpc) is 2.28. The van der Waals surface area contributed by atoms with Crippen LogP contribution in [-0.4, -0.2) is 36.2 Å². The largest absolute Gasteiger partial charge is 0.480 e. The third-order valence-corrected chi connectivity index (χ3v) is 2.86. The minimum absolute atomic E-state index is 0.316. The van der Waals surface area contributed by atoms with Crippen LogP contribution in [0.2, 0.25) is 0 Å². The fraction of sp³-hybridized carbons (Fsp3) is 0.333. The summed E-state index contributed by atoms with van der Waals surface area (Å²) < 4.78 is 4.88. The van der Waals surface area contributed by atoms with Gasteiger partial charge in [-0.15, -0.1) is 0 Å². The first-order valence-electron chi connectivity index (χ1n) is 5.21. The van der Waals surface area contributed by atoms with Gasteiger partial charge in [0.1, 0.15) is 0 Å². The molecule has 1 aliphatic rings. The van der Waals surface area contributed by atoms with Crippen LogP contribution in [0.4, 0.5) is 5.69 Å². The molecule has 90 valence electrons. The van der Waals surface area contributed by atoms with Crippen LogP contribution in [-0.2, 0) is 14.3 Å². The number of aryl methyl sites for hydroxylation is 1. The van der Waals surface area contributed by atoms with Gasteiger partial charge in [0.05, 0.1) is 0 Å². The van der Waals surface area contributed by atoms with Crippen LogP contribution in [0, 0.1) is 6.92 Å². The summed E-state index contributed by atoms with van der Waals surface area (Å²) in [5, 5.41) is 9.06. The first kappa shape index (κ1) is 11.6. The molecular formula is C12H13NO4. The van der Waals surface area contributed by atoms with Crippen LogP contribution in [0.3, 0.4) is 0 Å². The van der Waals surface area contributed by atoms with Crippen molar-refractivity contribution in [3.63, 3.8) is 0 Å². The topological polar surface area (TPSA) is 66.8 Å². The number of hydrogen-bond acceptors (Lipinski definition) is 3. The molecule has 0 radical (unpaired) electrons. The maximum Gasteiger partial charge on any atom is 0.330 e. The van der Waals surface area contributed by atoms with Crippen LogP contribution < -0.4 is 4.90 Å². The number of rotatable bonds is 3. The van der Waals surface area contributed by atoms with Gasteiger partial charge in [-0.3, -0.25) is 9.69 Å². The van der Waals surface area contributed by atoms with Gasteiger partial charge in [-0.2, -0.15) is 0 Å². The van der Waals surface area contributed by atoms with Gasteiger partial charge in [0.25, 0.3) is 5.91 Å². The number of carbonyl (C=O) groups is 2. The van der Waals surface area contributed by atoms with Gasteiger partial charge in [-0.05, 0) is 19.1 Å². The first-order chi connectivity index (χ1) is 8.06. The lowest BCUT2D eigenvalue weighted by molar-refractivity contribution is -0.155. The fourth-order valence-corrected chi connectivity index (χ4v) is 1.93. The molecular weight excluding hydrogens is 222 g/mol. The Morgan fingerprint density at radius 1 is 1.35 bits per heavy atom. The van der Waals surface area contributed by atoms with Crippen molar-refractivity contribution in [2.24, 2.45) is 0 Å². The minimum atomic E-state index is -1.06. The van der Waals surface area contributed by atoms with Gasteiger partial charge in [-0.1, -0.05) is 17.7 Å². The Hall–Kier alpha value is -1.88. The molecule has 17 heavy (non-hydrogen) atoms. The lowest BCUT2D eigenvalue weighted by Crippen LogP contribution is -2.69. The van der Waals surface area contributed by atoms with Crippen LogP contribution in [0.25, 0.3) is 0 Å². The number of amides is 1. The molecule has 1 saturated heterocycles. The Balaban J connectivity index is 2.29. The number of carbonyl (C=O) groups excluding carboxylic acids is 1. The van der Waals surface area contributed by atoms with E-state index in [4.69, 9.17) is 9.84 Å². The smallest absolute Gasteiger partial charge is 0.330 e. The predicted octanol–water partition coefficient (Wildman–Crippen LogP) is 0.810. The maximum absolute atomic E-state index is 11.7. The van der Waals surface area contributed by atoms with Gasteiger partial charge in [0, 0.05) is 12.8 Å². The van der Waals surface area contributed by atoms with Crippen LogP contribution in [0.15, 0.2) is 24.3 Å². The van der Waals surface area contributed by atoms with E-state index in [1.807, 2.05) is 19.1 Å². The molecule has 1 aliphatic heterocycles. The molecule has 1 aromatic rings. The second kappa shape index (κ2) is 4.18. The van der Waals surface area contributed by atoms with Crippen molar-refractivity contribution < 1.29 is 19.4 Å². The van der Waals surface area contributed by atoms with E-state index in [1.54, 1.807) is 12.1 Å². The summed E-state index contributed by atoms with van der Waals surface area (Å²) in [4.78, 5) is 24.0. The molecule has 0 aromatic heterocycles. The van der Waals surface area contributed by atoms with E-state index in [-0.39, 0.29) is 5.91 Å². The summed E-state index contributed by atoms with van der Waals surface area (Å²) in [5.41, 5.74) is 1.64. The van der Waals surface area contributed by atoms with Crippen molar-refractivity contribution in [1.82, 2.24) is 0 Å². The van der Waals surface area contributed by atoms with Crippen molar-refractivity contribution in [2.45, 2.75) is 19.1 Å². The summed E-state index contributed by atoms with van der Waals surface area (Å²) in [7, 11) is 1.34. The van der Waals surface area contributed by atoms with Gasteiger partial charge in [0.2, 0.25) is 0 Å². The highest BCUT2D eigenvalue weighted by Crippen LogP contribution is 2.30. The number of nitrogens with zero attached hydrogens (tertiary/aromatic N) is 1. The quantitative estimate of drug-likeness (QED) is 0.787. The standard InChI is InChI=1S/C12H13NO4/c1-7-3-5-8(6-4-7)13-9(12(15)16)10(17-2)11(13)14/h3-6,9-10H,1-2H3,(H,15,16)/t9-,10-/m0/s1. The molecule has 1 fully saturated rings. The minimum Gasteiger partial charge on any atom is -0.480 e. The molecule has 0 saturated carbocycles. The molecule has 0 bridgehead atoms. The summed E-state index contributed by atoms with van der Waals surface area (Å²) >= 11 is 0. The molecule has 2 atom stereocenters. The van der Waals surface area contributed by atoms with Crippen LogP contribution >= 0.6 is 0 Å². The molecule has 5 heteroatoms. The first-order valence-corrected chi connectivity index (χ1v) is 5.21. The molecule has 1 aromatic carbocycles. The second-order valence-electron chi connectivity index (χ2n) is 3.98. The van der Waals surface area contributed by atoms with Crippen LogP contribution in [0.5, 0.6) is 0 Å². The van der Waals surface area contributed by atoms with E-state index in [0.29, 0.717) is 5.69 Å². The molecule has 0 spiro atoms. The Kier molecular flexibility index (Phi) is 2.85. The molecule has 1 N–H and O–H groups in total. The van der Waals surface area contributed by atoms with Crippen molar-refractivity contribution in [1.29, 1.82) is 0 Å². The molecule has 5 nitrogen and oxygen atoms in total. The zero-order chi connectivity index (χ0) is 12.6. The Morgan fingerprint density at radius 2 is 1.94 bits per heavy atom. The van der Waals surface area contributed by atoms with Crippen molar-refractivity contribution in [3.05, 3.63) is 29.8 Å². The van der Waals surface area contributed by atoms with E-state index in [9.17, 15) is 9.59 Å². The molecule has 2 rings (SSSR count). The lowest BCUT2D eigenvalue weighted by Gasteiger charge is -2.43. The van der Waals surface area contributed by atoms with Crippen LogP contribution in [0.1, 0.15) is 5.56 Å². The number of hydrogen-bond donors (Lipinski definition) is 1. The molecule has 0 aliphatic carbocycles. The lowest BCUT2D eigenvalue weighted by atomic mass is 9.96. The summed E-state index contributed by atoms with van der Waals surface area (Å²) in [5.74, 6) is -1.37. The highest BCUT2D eigenvalue weighted by Gasteiger charge is 2.53. The van der Waals surface area contributed by atoms with E-state index < -0.39 is 18.1 Å². The number of anilines is 1. The number of carboxylic acids is 1. The molecule has 0 unspecified atom stereocenters. The number of methoxy groups -OCH3 is 1. The van der Waals surface area contributed by atoms with Crippen molar-refractivity contribution in [2.75, 3.05) is 12.0 Å². The maximum atomic E-state index is 11.7. The highest BCUT2D eigenvalue weighted by atomic mass is 16.5. The zero-order valence-electron chi connectivity index (χ0n) is 9.58. The third kappa shape index (κ3) is 1.78. The van der Waals surface area contributed by atoms with E-state index in [0.717, 1.165) is 5.56 Å². The third-order valence-electron chi connectivity index (χ3n) is 2.86. The molecule has 1 heterocycles. The zero-order valence-corrected chi connectivity index (χ0v) is 9.58. The number of β-lactam (4-membered cyclic amide) rings is 1. The fourth-order valence-electron chi connectivity index (χ4n) is 1.93. The van der Waals surface area contributed by atoms with Crippen molar-refractivity contribution >= 4 is 17.6 Å². The predicted molar refractivity (Wildman–Crippen MR) is 60.9 cm³/mol. The Morgan fingerprint density at radius 3 is 2.41 bits per heavy atom. The number of aliphatic carboxylic acids is 1. The SMILES string of the molecule is CO[C@@H]1C(=O)N(c2ccc(C)cc2)[C@@H]1C(=O)O. The van der Waals surface area contributed by atoms with Gasteiger partial charge in [0.15, 0.2) is 12.1 Å². The number of ether oxygens (including phenoxy) is 1. The summed E-state index contributed by atoms with van der Waals surface area (Å²) in [6.07, 6.45) is -0.881. The Labute approximate surface area is 98.6 Å². The van der Waals surface area contributed by atoms with Gasteiger partial charge in [-0.25, -0.2) is 4.79 Å². The van der Waals surface area contributed by atoms with Crippen molar-refractivity contribution in [3.8, 4) is 0 Å². The average molecular weight is 235 g/mol. The second-order valence-corrected chi connectivity index (χ2v) is 3.98. The number of benzene rings is 1. The van der Waals surface area contributed by atoms with Gasteiger partial charge >= 0.3 is 5.97 Å². The molecule has 1 amide bonds. The Bertz CT molecular complexity index is 454.